The Morgan fingerprint density at radius 3 is 1.66 bits per heavy atom. The lowest BCUT2D eigenvalue weighted by atomic mass is 9.91. The van der Waals surface area contributed by atoms with Crippen molar-refractivity contribution in [2.75, 3.05) is 0 Å². The molecule has 0 amide bonds. The molecule has 0 bridgehead atoms. The van der Waals surface area contributed by atoms with Gasteiger partial charge in [-0.15, -0.1) is 0 Å². The minimum Gasteiger partial charge on any atom is -0.197 e. The van der Waals surface area contributed by atoms with E-state index < -0.39 is 0 Å². The highest BCUT2D eigenvalue weighted by Gasteiger charge is 2.08. The zero-order chi connectivity index (χ0) is 19.9. The van der Waals surface area contributed by atoms with Gasteiger partial charge < -0.3 is 0 Å². The molecule has 0 heterocycles. The Labute approximate surface area is 188 Å². The topological polar surface area (TPSA) is 0 Å². The Bertz CT molecular complexity index is 646. The van der Waals surface area contributed by atoms with Crippen molar-refractivity contribution in [3.8, 4) is 0 Å². The van der Waals surface area contributed by atoms with Crippen molar-refractivity contribution in [3.63, 3.8) is 0 Å². The maximum absolute atomic E-state index is 2.43. The van der Waals surface area contributed by atoms with Crippen LogP contribution in [0.15, 0.2) is 36.4 Å². The van der Waals surface area contributed by atoms with Crippen LogP contribution in [-0.4, -0.2) is 0 Å². The molecule has 0 nitrogen and oxygen atoms in total. The molecule has 2 rings (SSSR count). The first-order chi connectivity index (χ1) is 13.9. The fraction of sp³-hybridized carbons (Fsp3) is 0.643. The Hall–Kier alpha value is -0.950. The summed E-state index contributed by atoms with van der Waals surface area (Å²) >= 11 is 0. The normalized spacial score (nSPS) is 11.0. The number of rotatable bonds is 16. The lowest BCUT2D eigenvalue weighted by Crippen LogP contribution is -1.97. The van der Waals surface area contributed by atoms with Crippen LogP contribution in [0.5, 0.6) is 0 Å². The molecule has 0 aliphatic rings. The first-order valence-electron chi connectivity index (χ1n) is 12.4. The van der Waals surface area contributed by atoms with Gasteiger partial charge in [-0.2, -0.15) is 13.5 Å². The summed E-state index contributed by atoms with van der Waals surface area (Å²) in [6, 6.07) is 13.8. The van der Waals surface area contributed by atoms with Gasteiger partial charge in [-0.3, -0.25) is 0 Å². The molecule has 0 aliphatic carbocycles. The van der Waals surface area contributed by atoms with Gasteiger partial charge in [-0.05, 0) is 47.6 Å². The molecule has 0 unspecified atom stereocenters. The molecule has 0 N–H and O–H groups in total. The van der Waals surface area contributed by atoms with Gasteiger partial charge in [-0.1, -0.05) is 127 Å². The van der Waals surface area contributed by atoms with Crippen molar-refractivity contribution >= 4 is 24.3 Å². The van der Waals surface area contributed by atoms with Crippen LogP contribution in [0.1, 0.15) is 115 Å². The predicted octanol–water partition coefficient (Wildman–Crippen LogP) is 9.54. The monoisotopic (exact) mass is 414 g/mol. The van der Waals surface area contributed by atoms with Gasteiger partial charge in [0.05, 0.1) is 0 Å². The molecule has 0 spiro atoms. The number of hydrogen-bond acceptors (Lipinski definition) is 0. The van der Waals surface area contributed by atoms with E-state index in [4.69, 9.17) is 0 Å². The molecule has 0 aromatic heterocycles. The fourth-order valence-electron chi connectivity index (χ4n) is 4.44. The maximum Gasteiger partial charge on any atom is -0.0149 e. The van der Waals surface area contributed by atoms with Crippen LogP contribution in [0.3, 0.4) is 0 Å². The summed E-state index contributed by atoms with van der Waals surface area (Å²) in [5.41, 5.74) is 3.27. The summed E-state index contributed by atoms with van der Waals surface area (Å²) in [6.07, 6.45) is 22.1. The summed E-state index contributed by atoms with van der Waals surface area (Å²) in [7, 11) is 0. The Kier molecular flexibility index (Phi) is 15.1. The van der Waals surface area contributed by atoms with Gasteiger partial charge in [0.2, 0.25) is 0 Å². The average Bonchev–Trinajstić information content (AvgIpc) is 2.73. The summed E-state index contributed by atoms with van der Waals surface area (Å²) in [5.74, 6) is 0. The van der Waals surface area contributed by atoms with Crippen molar-refractivity contribution in [2.24, 2.45) is 0 Å². The second-order valence-electron chi connectivity index (χ2n) is 8.67. The Balaban J connectivity index is 0.00000420. The number of aryl methyl sites for hydroxylation is 2. The SMILES string of the molecule is CCCCCCCCCc1ccc2ccccc2c1CCCCCCCCC.S. The second kappa shape index (κ2) is 16.8. The van der Waals surface area contributed by atoms with Crippen molar-refractivity contribution in [2.45, 2.75) is 117 Å². The molecule has 2 aromatic rings. The first-order valence-corrected chi connectivity index (χ1v) is 12.4. The molecule has 0 fully saturated rings. The van der Waals surface area contributed by atoms with E-state index in [0.29, 0.717) is 0 Å². The van der Waals surface area contributed by atoms with E-state index >= 15 is 0 Å². The zero-order valence-corrected chi connectivity index (χ0v) is 20.3. The van der Waals surface area contributed by atoms with Crippen LogP contribution in [-0.2, 0) is 12.8 Å². The average molecular weight is 415 g/mol. The third-order valence-electron chi connectivity index (χ3n) is 6.22. The molecule has 0 saturated heterocycles. The summed E-state index contributed by atoms with van der Waals surface area (Å²) < 4.78 is 0. The van der Waals surface area contributed by atoms with Crippen LogP contribution in [0, 0.1) is 0 Å². The van der Waals surface area contributed by atoms with Gasteiger partial charge in [-0.25, -0.2) is 0 Å². The van der Waals surface area contributed by atoms with E-state index in [1.54, 1.807) is 11.1 Å². The number of benzene rings is 2. The van der Waals surface area contributed by atoms with Crippen LogP contribution in [0.25, 0.3) is 10.8 Å². The highest BCUT2D eigenvalue weighted by molar-refractivity contribution is 7.59. The first kappa shape index (κ1) is 26.1. The summed E-state index contributed by atoms with van der Waals surface area (Å²) in [5, 5.41) is 2.93. The van der Waals surface area contributed by atoms with E-state index in [1.165, 1.54) is 114 Å². The minimum atomic E-state index is 0. The Morgan fingerprint density at radius 1 is 0.517 bits per heavy atom. The van der Waals surface area contributed by atoms with E-state index in [-0.39, 0.29) is 13.5 Å². The van der Waals surface area contributed by atoms with E-state index in [9.17, 15) is 0 Å². The number of unbranched alkanes of at least 4 members (excludes halogenated alkanes) is 12. The molecule has 0 saturated carbocycles. The van der Waals surface area contributed by atoms with E-state index in [2.05, 4.69) is 50.2 Å². The van der Waals surface area contributed by atoms with E-state index in [0.717, 1.165) is 0 Å². The minimum absolute atomic E-state index is 0. The highest BCUT2D eigenvalue weighted by atomic mass is 32.1. The van der Waals surface area contributed by atoms with Crippen LogP contribution < -0.4 is 0 Å². The van der Waals surface area contributed by atoms with Crippen LogP contribution in [0.2, 0.25) is 0 Å². The zero-order valence-electron chi connectivity index (χ0n) is 19.3. The van der Waals surface area contributed by atoms with Crippen molar-refractivity contribution in [1.82, 2.24) is 0 Å². The van der Waals surface area contributed by atoms with Crippen molar-refractivity contribution in [1.29, 1.82) is 0 Å². The van der Waals surface area contributed by atoms with E-state index in [1.807, 2.05) is 0 Å². The van der Waals surface area contributed by atoms with Gasteiger partial charge in [0.1, 0.15) is 0 Å². The van der Waals surface area contributed by atoms with Gasteiger partial charge in [0.15, 0.2) is 0 Å². The highest BCUT2D eigenvalue weighted by Crippen LogP contribution is 2.26. The largest absolute Gasteiger partial charge is 0.197 e. The standard InChI is InChI=1S/C28H44.H2S/c1-3-5-7-9-11-13-15-19-25-23-24-26-20-17-18-22-28(26)27(25)21-16-14-12-10-8-6-4-2;/h17-18,20,22-24H,3-16,19,21H2,1-2H3;1H2. The summed E-state index contributed by atoms with van der Waals surface area (Å²) in [6.45, 7) is 4.60. The third-order valence-corrected chi connectivity index (χ3v) is 6.22. The molecule has 0 atom stereocenters. The molecule has 2 aromatic carbocycles. The van der Waals surface area contributed by atoms with Crippen molar-refractivity contribution in [3.05, 3.63) is 47.5 Å². The lowest BCUT2D eigenvalue weighted by Gasteiger charge is -2.14. The fourth-order valence-corrected chi connectivity index (χ4v) is 4.44. The smallest absolute Gasteiger partial charge is 0.0149 e. The van der Waals surface area contributed by atoms with Crippen LogP contribution >= 0.6 is 13.5 Å². The van der Waals surface area contributed by atoms with Gasteiger partial charge >= 0.3 is 0 Å². The Morgan fingerprint density at radius 2 is 1.03 bits per heavy atom. The lowest BCUT2D eigenvalue weighted by molar-refractivity contribution is 0.583. The molecule has 0 aliphatic heterocycles. The second-order valence-corrected chi connectivity index (χ2v) is 8.67. The van der Waals surface area contributed by atoms with Gasteiger partial charge in [0, 0.05) is 0 Å². The molecule has 164 valence electrons. The molecule has 29 heavy (non-hydrogen) atoms. The number of fused-ring (bicyclic) bond motifs is 1. The maximum atomic E-state index is 2.43. The molecular formula is C28H46S. The number of hydrogen-bond donors (Lipinski definition) is 0. The molecular weight excluding hydrogens is 368 g/mol. The van der Waals surface area contributed by atoms with Crippen LogP contribution in [0.4, 0.5) is 0 Å². The predicted molar refractivity (Wildman–Crippen MR) is 138 cm³/mol. The third kappa shape index (κ3) is 10.1. The quantitative estimate of drug-likeness (QED) is 0.240. The van der Waals surface area contributed by atoms with Crippen molar-refractivity contribution < 1.29 is 0 Å². The summed E-state index contributed by atoms with van der Waals surface area (Å²) in [4.78, 5) is 0. The van der Waals surface area contributed by atoms with Gasteiger partial charge in [0.25, 0.3) is 0 Å². The molecule has 1 heteroatoms. The molecule has 0 radical (unpaired) electrons.